The van der Waals surface area contributed by atoms with Gasteiger partial charge in [0.25, 0.3) is 5.91 Å². The third kappa shape index (κ3) is 4.18. The highest BCUT2D eigenvalue weighted by molar-refractivity contribution is 6.05. The first-order valence-corrected chi connectivity index (χ1v) is 13.4. The molecule has 7 atom stereocenters. The first kappa shape index (κ1) is 27.3. The van der Waals surface area contributed by atoms with Crippen LogP contribution in [-0.4, -0.2) is 71.3 Å². The molecule has 0 aromatic heterocycles. The number of fused-ring (bicyclic) bond motifs is 1. The summed E-state index contributed by atoms with van der Waals surface area (Å²) in [6.07, 6.45) is 2.99. The number of nitrogens with zero attached hydrogens (tertiary/aromatic N) is 2. The number of esters is 1. The lowest BCUT2D eigenvalue weighted by Gasteiger charge is -2.41. The highest BCUT2D eigenvalue weighted by Crippen LogP contribution is 2.59. The number of aryl methyl sites for hydroxylation is 2. The number of rotatable bonds is 10. The molecule has 202 valence electrons. The van der Waals surface area contributed by atoms with Gasteiger partial charge in [-0.1, -0.05) is 44.5 Å². The van der Waals surface area contributed by atoms with Crippen molar-refractivity contribution in [3.8, 4) is 0 Å². The van der Waals surface area contributed by atoms with E-state index < -0.39 is 41.6 Å². The average molecular weight is 513 g/mol. The zero-order valence-corrected chi connectivity index (χ0v) is 22.6. The van der Waals surface area contributed by atoms with Gasteiger partial charge in [0.2, 0.25) is 5.91 Å². The first-order chi connectivity index (χ1) is 17.7. The van der Waals surface area contributed by atoms with Crippen LogP contribution in [0.1, 0.15) is 51.2 Å². The van der Waals surface area contributed by atoms with E-state index in [1.54, 1.807) is 22.8 Å². The lowest BCUT2D eigenvalue weighted by atomic mass is 9.70. The van der Waals surface area contributed by atoms with E-state index in [0.717, 1.165) is 16.8 Å². The Labute approximate surface area is 219 Å². The van der Waals surface area contributed by atoms with Crippen molar-refractivity contribution in [2.75, 3.05) is 24.7 Å². The molecular weight excluding hydrogens is 472 g/mol. The highest BCUT2D eigenvalue weighted by Gasteiger charge is 2.75. The van der Waals surface area contributed by atoms with Crippen LogP contribution in [0.5, 0.6) is 0 Å². The Balaban J connectivity index is 1.87. The Bertz CT molecular complexity index is 1050. The number of carbonyl (C=O) groups excluding carboxylic acids is 3. The largest absolute Gasteiger partial charge is 0.466 e. The molecule has 8 heteroatoms. The second-order valence-electron chi connectivity index (χ2n) is 10.7. The number of aliphatic hydroxyl groups is 1. The predicted octanol–water partition coefficient (Wildman–Crippen LogP) is 3.17. The second kappa shape index (κ2) is 10.6. The topological polar surface area (TPSA) is 96.4 Å². The van der Waals surface area contributed by atoms with E-state index in [1.165, 1.54) is 0 Å². The quantitative estimate of drug-likeness (QED) is 0.382. The molecule has 3 aliphatic heterocycles. The van der Waals surface area contributed by atoms with Crippen molar-refractivity contribution >= 4 is 23.5 Å². The molecule has 1 N–H and O–H groups in total. The maximum atomic E-state index is 14.7. The van der Waals surface area contributed by atoms with Crippen LogP contribution in [0.25, 0.3) is 0 Å². The molecule has 3 heterocycles. The Hall–Kier alpha value is -2.71. The Morgan fingerprint density at radius 3 is 2.57 bits per heavy atom. The Kier molecular flexibility index (Phi) is 7.81. The number of ether oxygens (including phenoxy) is 2. The van der Waals surface area contributed by atoms with Crippen molar-refractivity contribution in [1.29, 1.82) is 0 Å². The van der Waals surface area contributed by atoms with E-state index >= 15 is 0 Å². The van der Waals surface area contributed by atoms with Crippen molar-refractivity contribution in [1.82, 2.24) is 4.90 Å². The monoisotopic (exact) mass is 512 g/mol. The van der Waals surface area contributed by atoms with Gasteiger partial charge in [0.05, 0.1) is 37.2 Å². The van der Waals surface area contributed by atoms with Crippen molar-refractivity contribution in [3.63, 3.8) is 0 Å². The number of hydrogen-bond acceptors (Lipinski definition) is 6. The molecular formula is C29H40N2O6. The summed E-state index contributed by atoms with van der Waals surface area (Å²) in [6.45, 7) is 13.7. The molecule has 0 saturated carbocycles. The van der Waals surface area contributed by atoms with Crippen molar-refractivity contribution in [2.45, 2.75) is 77.7 Å². The fourth-order valence-corrected chi connectivity index (χ4v) is 6.85. The molecule has 4 rings (SSSR count). The van der Waals surface area contributed by atoms with Crippen LogP contribution in [0.15, 0.2) is 30.9 Å². The zero-order valence-electron chi connectivity index (χ0n) is 22.6. The van der Waals surface area contributed by atoms with Crippen LogP contribution < -0.4 is 4.90 Å². The van der Waals surface area contributed by atoms with Gasteiger partial charge in [-0.3, -0.25) is 14.4 Å². The molecule has 1 spiro atoms. The van der Waals surface area contributed by atoms with Crippen LogP contribution in [0.4, 0.5) is 5.69 Å². The molecule has 0 unspecified atom stereocenters. The standard InChI is InChI=1S/C29H40N2O6/c1-7-15-30(24-18(5)11-10-12-19(24)6)27(34)25-29-14-13-21(37-29)22(28(35)36-9-3)23(29)26(33)31(25)20(16-32)17(4)8-2/h7,10-12,17,20-23,25,32H,1,8-9,13-16H2,2-6H3/t17-,20-,21+,22-,23-,25+,29-/m0/s1. The van der Waals surface area contributed by atoms with Gasteiger partial charge in [-0.15, -0.1) is 6.58 Å². The number of carbonyl (C=O) groups is 3. The van der Waals surface area contributed by atoms with Gasteiger partial charge in [-0.25, -0.2) is 0 Å². The summed E-state index contributed by atoms with van der Waals surface area (Å²) in [6, 6.07) is 4.30. The molecule has 0 radical (unpaired) electrons. The molecule has 1 aromatic carbocycles. The van der Waals surface area contributed by atoms with Crippen LogP contribution >= 0.6 is 0 Å². The number of anilines is 1. The maximum absolute atomic E-state index is 14.7. The van der Waals surface area contributed by atoms with Gasteiger partial charge < -0.3 is 24.4 Å². The molecule has 3 fully saturated rings. The summed E-state index contributed by atoms with van der Waals surface area (Å²) >= 11 is 0. The number of amides is 2. The summed E-state index contributed by atoms with van der Waals surface area (Å²) in [5.74, 6) is -2.68. The lowest BCUT2D eigenvalue weighted by Crippen LogP contribution is -2.60. The molecule has 8 nitrogen and oxygen atoms in total. The zero-order chi connectivity index (χ0) is 27.1. The minimum Gasteiger partial charge on any atom is -0.466 e. The molecule has 1 aromatic rings. The highest BCUT2D eigenvalue weighted by atomic mass is 16.6. The predicted molar refractivity (Wildman–Crippen MR) is 140 cm³/mol. The summed E-state index contributed by atoms with van der Waals surface area (Å²) in [7, 11) is 0. The van der Waals surface area contributed by atoms with Gasteiger partial charge in [-0.2, -0.15) is 0 Å². The number of para-hydroxylation sites is 1. The Morgan fingerprint density at radius 2 is 2.00 bits per heavy atom. The fourth-order valence-electron chi connectivity index (χ4n) is 6.85. The normalized spacial score (nSPS) is 29.7. The van der Waals surface area contributed by atoms with Crippen LogP contribution in [0.3, 0.4) is 0 Å². The van der Waals surface area contributed by atoms with E-state index in [2.05, 4.69) is 6.58 Å². The SMILES string of the molecule is C=CCN(C(=O)[C@H]1N([C@@H](CO)[C@@H](C)CC)C(=O)[C@@H]2[C@@H](C(=O)OCC)[C@H]3CC[C@]21O3)c1c(C)cccc1C. The van der Waals surface area contributed by atoms with Crippen LogP contribution in [-0.2, 0) is 23.9 Å². The molecule has 3 aliphatic rings. The fraction of sp³-hybridized carbons (Fsp3) is 0.621. The minimum atomic E-state index is -1.15. The Morgan fingerprint density at radius 1 is 1.32 bits per heavy atom. The van der Waals surface area contributed by atoms with E-state index in [1.807, 2.05) is 45.9 Å². The molecule has 3 saturated heterocycles. The number of hydrogen-bond donors (Lipinski definition) is 1. The van der Waals surface area contributed by atoms with Crippen molar-refractivity contribution < 1.29 is 29.0 Å². The number of benzene rings is 1. The third-order valence-electron chi connectivity index (χ3n) is 8.66. The lowest BCUT2D eigenvalue weighted by molar-refractivity contribution is -0.155. The average Bonchev–Trinajstić information content (AvgIpc) is 3.51. The van der Waals surface area contributed by atoms with Crippen molar-refractivity contribution in [2.24, 2.45) is 17.8 Å². The van der Waals surface area contributed by atoms with E-state index in [-0.39, 0.29) is 37.5 Å². The van der Waals surface area contributed by atoms with Gasteiger partial charge >= 0.3 is 5.97 Å². The van der Waals surface area contributed by atoms with E-state index in [4.69, 9.17) is 9.47 Å². The van der Waals surface area contributed by atoms with Gasteiger partial charge in [-0.05, 0) is 50.7 Å². The number of likely N-dealkylation sites (tertiary alicyclic amines) is 1. The van der Waals surface area contributed by atoms with E-state index in [9.17, 15) is 19.5 Å². The summed E-state index contributed by atoms with van der Waals surface area (Å²) in [5.41, 5.74) is 1.49. The van der Waals surface area contributed by atoms with Gasteiger partial charge in [0.15, 0.2) is 0 Å². The molecule has 0 aliphatic carbocycles. The maximum Gasteiger partial charge on any atom is 0.312 e. The summed E-state index contributed by atoms with van der Waals surface area (Å²) in [4.78, 5) is 45.2. The van der Waals surface area contributed by atoms with E-state index in [0.29, 0.717) is 19.3 Å². The third-order valence-corrected chi connectivity index (χ3v) is 8.66. The molecule has 2 bridgehead atoms. The summed E-state index contributed by atoms with van der Waals surface area (Å²) < 4.78 is 11.9. The summed E-state index contributed by atoms with van der Waals surface area (Å²) in [5, 5.41) is 10.5. The van der Waals surface area contributed by atoms with Crippen LogP contribution in [0.2, 0.25) is 0 Å². The first-order valence-electron chi connectivity index (χ1n) is 13.4. The van der Waals surface area contributed by atoms with Crippen molar-refractivity contribution in [3.05, 3.63) is 42.0 Å². The van der Waals surface area contributed by atoms with Crippen LogP contribution in [0, 0.1) is 31.6 Å². The number of aliphatic hydroxyl groups excluding tert-OH is 1. The molecule has 2 amide bonds. The van der Waals surface area contributed by atoms with Gasteiger partial charge in [0.1, 0.15) is 11.6 Å². The minimum absolute atomic E-state index is 0.0641. The molecule has 37 heavy (non-hydrogen) atoms. The second-order valence-corrected chi connectivity index (χ2v) is 10.7. The van der Waals surface area contributed by atoms with Gasteiger partial charge in [0, 0.05) is 12.2 Å². The smallest absolute Gasteiger partial charge is 0.312 e.